The lowest BCUT2D eigenvalue weighted by Crippen LogP contribution is -2.24. The van der Waals surface area contributed by atoms with Crippen LogP contribution in [0.2, 0.25) is 0 Å². The zero-order chi connectivity index (χ0) is 19.0. The maximum absolute atomic E-state index is 12.6. The average Bonchev–Trinajstić information content (AvgIpc) is 3.29. The van der Waals surface area contributed by atoms with Gasteiger partial charge >= 0.3 is 5.97 Å². The first kappa shape index (κ1) is 18.0. The van der Waals surface area contributed by atoms with Crippen molar-refractivity contribution in [3.8, 4) is 4.90 Å². The maximum atomic E-state index is 12.6. The Morgan fingerprint density at radius 1 is 1.00 bits per heavy atom. The highest BCUT2D eigenvalue weighted by molar-refractivity contribution is 7.45. The Morgan fingerprint density at radius 3 is 2.44 bits per heavy atom. The molecular weight excluding hydrogens is 372 g/mol. The van der Waals surface area contributed by atoms with E-state index in [4.69, 9.17) is 4.74 Å². The molecule has 4 rings (SSSR count). The molecule has 4 heteroatoms. The first-order chi connectivity index (χ1) is 13.0. The molecule has 27 heavy (non-hydrogen) atoms. The normalized spacial score (nSPS) is 12.3. The third-order valence-electron chi connectivity index (χ3n) is 4.61. The van der Waals surface area contributed by atoms with Gasteiger partial charge in [0.05, 0.1) is 5.56 Å². The molecule has 136 valence electrons. The summed E-state index contributed by atoms with van der Waals surface area (Å²) in [7, 11) is -0.0645. The van der Waals surface area contributed by atoms with Crippen LogP contribution in [0.4, 0.5) is 0 Å². The van der Waals surface area contributed by atoms with Gasteiger partial charge in [-0.15, -0.1) is 11.3 Å². The Bertz CT molecular complexity index is 1090. The van der Waals surface area contributed by atoms with Crippen molar-refractivity contribution in [2.45, 2.75) is 26.4 Å². The molecule has 0 aliphatic rings. The van der Waals surface area contributed by atoms with Crippen molar-refractivity contribution in [2.24, 2.45) is 0 Å². The minimum atomic E-state index is -0.630. The molecule has 2 nitrogen and oxygen atoms in total. The molecule has 2 aromatic carbocycles. The van der Waals surface area contributed by atoms with Crippen LogP contribution in [-0.2, 0) is 10.3 Å². The van der Waals surface area contributed by atoms with Crippen LogP contribution in [0.5, 0.6) is 0 Å². The fourth-order valence-electron chi connectivity index (χ4n) is 3.24. The number of rotatable bonds is 4. The summed E-state index contributed by atoms with van der Waals surface area (Å²) in [5.41, 5.74) is -0.0452. The molecule has 0 aliphatic carbocycles. The van der Waals surface area contributed by atoms with Crippen LogP contribution in [0.3, 0.4) is 0 Å². The highest BCUT2D eigenvalue weighted by atomic mass is 32.2. The van der Waals surface area contributed by atoms with E-state index in [1.807, 2.05) is 43.5 Å². The van der Waals surface area contributed by atoms with Crippen molar-refractivity contribution in [1.82, 2.24) is 0 Å². The number of esters is 1. The third-order valence-corrected chi connectivity index (χ3v) is 8.10. The van der Waals surface area contributed by atoms with Gasteiger partial charge in [-0.25, -0.2) is 4.79 Å². The number of carbonyl (C=O) groups excluding carboxylic acids is 1. The van der Waals surface area contributed by atoms with Gasteiger partial charge < -0.3 is 4.74 Å². The zero-order valence-electron chi connectivity index (χ0n) is 15.6. The molecule has 0 bridgehead atoms. The van der Waals surface area contributed by atoms with E-state index in [2.05, 4.69) is 49.4 Å². The third kappa shape index (κ3) is 3.43. The lowest BCUT2D eigenvalue weighted by Gasteiger charge is -2.23. The second-order valence-electron chi connectivity index (χ2n) is 7.00. The fraction of sp³-hybridized carbons (Fsp3) is 0.174. The Kier molecular flexibility index (Phi) is 4.62. The lowest BCUT2D eigenvalue weighted by molar-refractivity contribution is -0.00155. The number of aryl methyl sites for hydroxylation is 1. The van der Waals surface area contributed by atoms with Gasteiger partial charge in [-0.1, -0.05) is 18.2 Å². The fourth-order valence-corrected chi connectivity index (χ4v) is 6.23. The molecule has 0 fully saturated rings. The van der Waals surface area contributed by atoms with E-state index < -0.39 is 5.60 Å². The number of carbonyl (C=O) groups is 1. The smallest absolute Gasteiger partial charge is 0.339 e. The molecule has 2 heterocycles. The second kappa shape index (κ2) is 6.95. The topological polar surface area (TPSA) is 26.3 Å². The van der Waals surface area contributed by atoms with Crippen molar-refractivity contribution < 1.29 is 9.53 Å². The highest BCUT2D eigenvalue weighted by Crippen LogP contribution is 2.43. The predicted molar refractivity (Wildman–Crippen MR) is 115 cm³/mol. The van der Waals surface area contributed by atoms with Crippen LogP contribution >= 0.6 is 21.8 Å². The standard InChI is InChI=1S/C23H21O2S2/c1-16-15-18-7-4-5-8-20(18)27(16)19-12-10-17(11-13-19)22(24)25-23(2,3)21-9-6-14-26-21/h4-15H,1-3H3/q+1. The van der Waals surface area contributed by atoms with Crippen molar-refractivity contribution in [1.29, 1.82) is 0 Å². The van der Waals surface area contributed by atoms with E-state index in [9.17, 15) is 4.79 Å². The number of ether oxygens (including phenoxy) is 1. The zero-order valence-corrected chi connectivity index (χ0v) is 17.2. The largest absolute Gasteiger partial charge is 0.450 e. The molecule has 2 aromatic heterocycles. The molecule has 0 saturated heterocycles. The predicted octanol–water partition coefficient (Wildman–Crippen LogP) is 7.04. The number of hydrogen-bond donors (Lipinski definition) is 0. The number of benzene rings is 2. The van der Waals surface area contributed by atoms with Crippen LogP contribution in [0.1, 0.15) is 34.0 Å². The molecule has 0 aliphatic heterocycles. The summed E-state index contributed by atoms with van der Waals surface area (Å²) < 4.78 is 7.12. The summed E-state index contributed by atoms with van der Waals surface area (Å²) in [6, 6.07) is 22.6. The molecular formula is C23H21O2S2+. The summed E-state index contributed by atoms with van der Waals surface area (Å²) >= 11 is 1.60. The highest BCUT2D eigenvalue weighted by Gasteiger charge is 2.27. The SMILES string of the molecule is Cc1cc2ccccc2[s+]1-c1ccc(C(=O)OC(C)(C)c2cccs2)cc1. The first-order valence-corrected chi connectivity index (χ1v) is 11.0. The summed E-state index contributed by atoms with van der Waals surface area (Å²) in [6.45, 7) is 6.03. The molecule has 0 saturated carbocycles. The Labute approximate surface area is 166 Å². The van der Waals surface area contributed by atoms with Crippen LogP contribution in [0.15, 0.2) is 72.1 Å². The van der Waals surface area contributed by atoms with Gasteiger partial charge in [0, 0.05) is 33.7 Å². The lowest BCUT2D eigenvalue weighted by atomic mass is 10.1. The second-order valence-corrected chi connectivity index (χ2v) is 10.1. The molecule has 1 atom stereocenters. The Balaban J connectivity index is 1.60. The van der Waals surface area contributed by atoms with Crippen molar-refractivity contribution in [3.63, 3.8) is 0 Å². The summed E-state index contributed by atoms with van der Waals surface area (Å²) in [6.07, 6.45) is 0. The van der Waals surface area contributed by atoms with E-state index >= 15 is 0 Å². The quantitative estimate of drug-likeness (QED) is 0.274. The number of hydrogen-bond acceptors (Lipinski definition) is 3. The number of fused-ring (bicyclic) bond motifs is 1. The molecule has 0 N–H and O–H groups in total. The van der Waals surface area contributed by atoms with Gasteiger partial charge in [0.15, 0.2) is 14.5 Å². The van der Waals surface area contributed by atoms with E-state index in [1.54, 1.807) is 11.3 Å². The molecule has 4 aromatic rings. The van der Waals surface area contributed by atoms with Gasteiger partial charge in [0.25, 0.3) is 0 Å². The summed E-state index contributed by atoms with van der Waals surface area (Å²) in [5, 5.41) is 3.29. The minimum absolute atomic E-state index is 0.0645. The van der Waals surface area contributed by atoms with Gasteiger partial charge in [0.2, 0.25) is 0 Å². The first-order valence-electron chi connectivity index (χ1n) is 8.85. The van der Waals surface area contributed by atoms with Crippen molar-refractivity contribution in [2.75, 3.05) is 0 Å². The minimum Gasteiger partial charge on any atom is -0.450 e. The average molecular weight is 394 g/mol. The monoisotopic (exact) mass is 393 g/mol. The van der Waals surface area contributed by atoms with Gasteiger partial charge in [0.1, 0.15) is 5.60 Å². The van der Waals surface area contributed by atoms with E-state index in [-0.39, 0.29) is 16.4 Å². The summed E-state index contributed by atoms with van der Waals surface area (Å²) in [4.78, 5) is 16.2. The van der Waals surface area contributed by atoms with Crippen LogP contribution in [0.25, 0.3) is 15.0 Å². The molecule has 0 amide bonds. The van der Waals surface area contributed by atoms with E-state index in [0.29, 0.717) is 5.56 Å². The van der Waals surface area contributed by atoms with Crippen LogP contribution < -0.4 is 0 Å². The van der Waals surface area contributed by atoms with Gasteiger partial charge in [-0.05, 0) is 61.7 Å². The van der Waals surface area contributed by atoms with Gasteiger partial charge in [-0.3, -0.25) is 0 Å². The molecule has 1 unspecified atom stereocenters. The Morgan fingerprint density at radius 2 is 1.74 bits per heavy atom. The Hall–Kier alpha value is -2.43. The van der Waals surface area contributed by atoms with Crippen molar-refractivity contribution >= 4 is 37.9 Å². The van der Waals surface area contributed by atoms with E-state index in [1.165, 1.54) is 19.9 Å². The van der Waals surface area contributed by atoms with Crippen LogP contribution in [-0.4, -0.2) is 5.97 Å². The van der Waals surface area contributed by atoms with Crippen molar-refractivity contribution in [3.05, 3.63) is 87.4 Å². The number of thiophene rings is 2. The van der Waals surface area contributed by atoms with E-state index in [0.717, 1.165) is 4.88 Å². The summed E-state index contributed by atoms with van der Waals surface area (Å²) in [5.74, 6) is -0.289. The van der Waals surface area contributed by atoms with Gasteiger partial charge in [-0.2, -0.15) is 0 Å². The maximum Gasteiger partial charge on any atom is 0.339 e. The molecule has 0 radical (unpaired) electrons. The molecule has 0 spiro atoms. The van der Waals surface area contributed by atoms with Crippen LogP contribution in [0, 0.1) is 6.92 Å².